The molecule has 1 aromatic rings. The van der Waals surface area contributed by atoms with Gasteiger partial charge in [-0.2, -0.15) is 0 Å². The molecule has 9 heteroatoms. The Bertz CT molecular complexity index is 1060. The third kappa shape index (κ3) is 4.16. The molecule has 0 aromatic heterocycles. The normalized spacial score (nSPS) is 28.7. The molecule has 0 unspecified atom stereocenters. The molecule has 2 N–H and O–H groups in total. The fourth-order valence-electron chi connectivity index (χ4n) is 5.86. The van der Waals surface area contributed by atoms with Crippen LogP contribution < -0.4 is 9.44 Å². The van der Waals surface area contributed by atoms with Crippen LogP contribution in [-0.2, 0) is 24.8 Å². The molecule has 3 aliphatic carbocycles. The van der Waals surface area contributed by atoms with Crippen LogP contribution in [0.2, 0.25) is 0 Å². The largest absolute Gasteiger partial charge is 0.299 e. The van der Waals surface area contributed by atoms with Crippen LogP contribution in [0, 0.1) is 16.7 Å². The summed E-state index contributed by atoms with van der Waals surface area (Å²) in [6, 6.07) is 5.71. The number of sulfonamides is 2. The van der Waals surface area contributed by atoms with Gasteiger partial charge in [0.2, 0.25) is 20.0 Å². The zero-order chi connectivity index (χ0) is 22.5. The van der Waals surface area contributed by atoms with E-state index in [1.165, 1.54) is 24.3 Å². The molecule has 0 amide bonds. The number of hydrogen-bond donors (Lipinski definition) is 2. The molecule has 172 valence electrons. The molecule has 0 aliphatic heterocycles. The first-order valence-corrected chi connectivity index (χ1v) is 14.2. The number of Topliss-reactive ketones (excluding diaryl/α,β-unsaturated/α-hetero) is 1. The second-order valence-corrected chi connectivity index (χ2v) is 13.4. The van der Waals surface area contributed by atoms with E-state index in [9.17, 15) is 21.6 Å². The van der Waals surface area contributed by atoms with Crippen molar-refractivity contribution in [3.8, 4) is 0 Å². The molecule has 0 radical (unpaired) electrons. The molecule has 2 bridgehead atoms. The van der Waals surface area contributed by atoms with Crippen LogP contribution in [-0.4, -0.2) is 34.4 Å². The second kappa shape index (κ2) is 7.85. The number of rotatable bonds is 7. The molecule has 3 fully saturated rings. The third-order valence-electron chi connectivity index (χ3n) is 7.94. The van der Waals surface area contributed by atoms with Gasteiger partial charge in [-0.05, 0) is 61.3 Å². The molecule has 3 saturated carbocycles. The number of carbonyl (C=O) groups excluding carboxylic acids is 1. The van der Waals surface area contributed by atoms with E-state index in [1.54, 1.807) is 0 Å². The maximum absolute atomic E-state index is 12.9. The van der Waals surface area contributed by atoms with Crippen LogP contribution in [0.15, 0.2) is 29.2 Å². The topological polar surface area (TPSA) is 109 Å². The third-order valence-corrected chi connectivity index (χ3v) is 10.9. The quantitative estimate of drug-likeness (QED) is 0.637. The van der Waals surface area contributed by atoms with Gasteiger partial charge in [0.1, 0.15) is 5.78 Å². The molecule has 3 aliphatic rings. The zero-order valence-electron chi connectivity index (χ0n) is 18.2. The summed E-state index contributed by atoms with van der Waals surface area (Å²) in [5, 5.41) is 0. The second-order valence-electron chi connectivity index (χ2n) is 10.0. The summed E-state index contributed by atoms with van der Waals surface area (Å²) in [6.45, 7) is 4.01. The van der Waals surface area contributed by atoms with Gasteiger partial charge in [0.25, 0.3) is 0 Å². The van der Waals surface area contributed by atoms with Gasteiger partial charge in [0.15, 0.2) is 0 Å². The highest BCUT2D eigenvalue weighted by Crippen LogP contribution is 2.64. The van der Waals surface area contributed by atoms with Crippen molar-refractivity contribution in [1.29, 1.82) is 0 Å². The van der Waals surface area contributed by atoms with Gasteiger partial charge in [-0.25, -0.2) is 21.6 Å². The van der Waals surface area contributed by atoms with Gasteiger partial charge in [0, 0.05) is 18.2 Å². The van der Waals surface area contributed by atoms with E-state index in [0.29, 0.717) is 18.5 Å². The van der Waals surface area contributed by atoms with Crippen molar-refractivity contribution < 1.29 is 21.6 Å². The van der Waals surface area contributed by atoms with Crippen molar-refractivity contribution >= 4 is 31.5 Å². The highest BCUT2D eigenvalue weighted by atomic mass is 32.2. The Labute approximate surface area is 185 Å². The average Bonchev–Trinajstić information content (AvgIpc) is 3.02. The van der Waals surface area contributed by atoms with Gasteiger partial charge in [-0.3, -0.25) is 9.52 Å². The van der Waals surface area contributed by atoms with E-state index >= 15 is 0 Å². The first kappa shape index (κ1) is 22.7. The lowest BCUT2D eigenvalue weighted by Gasteiger charge is -2.36. The Morgan fingerprint density at radius 1 is 0.968 bits per heavy atom. The van der Waals surface area contributed by atoms with Crippen molar-refractivity contribution in [2.24, 2.45) is 16.7 Å². The zero-order valence-corrected chi connectivity index (χ0v) is 19.8. The van der Waals surface area contributed by atoms with Crippen LogP contribution in [0.25, 0.3) is 0 Å². The van der Waals surface area contributed by atoms with Gasteiger partial charge in [-0.1, -0.05) is 33.1 Å². The maximum Gasteiger partial charge on any atom is 0.240 e. The number of ketones is 1. The van der Waals surface area contributed by atoms with Gasteiger partial charge in [0.05, 0.1) is 16.1 Å². The van der Waals surface area contributed by atoms with Crippen molar-refractivity contribution in [3.63, 3.8) is 0 Å². The summed E-state index contributed by atoms with van der Waals surface area (Å²) in [5.41, 5.74) is -0.871. The standard InChI is InChI=1S/C22H32N2O5S2/c1-21(2)16-12-13-22(21,20(25)14-16)15-30(26,27)23-18-8-10-19(11-9-18)31(28,29)24-17-6-4-3-5-7-17/h8-11,16-17,23-24H,3-7,12-15H2,1-2H3/t16-,22+/m0/s1. The lowest BCUT2D eigenvalue weighted by atomic mass is 9.70. The van der Waals surface area contributed by atoms with Gasteiger partial charge < -0.3 is 0 Å². The predicted octanol–water partition coefficient (Wildman–Crippen LogP) is 3.43. The first-order chi connectivity index (χ1) is 14.5. The Morgan fingerprint density at radius 2 is 1.61 bits per heavy atom. The number of fused-ring (bicyclic) bond motifs is 2. The van der Waals surface area contributed by atoms with E-state index < -0.39 is 25.5 Å². The molecule has 7 nitrogen and oxygen atoms in total. The lowest BCUT2D eigenvalue weighted by Crippen LogP contribution is -2.43. The Kier molecular flexibility index (Phi) is 5.75. The lowest BCUT2D eigenvalue weighted by molar-refractivity contribution is -0.128. The van der Waals surface area contributed by atoms with E-state index in [-0.39, 0.29) is 33.8 Å². The van der Waals surface area contributed by atoms with Crippen molar-refractivity contribution in [3.05, 3.63) is 24.3 Å². The van der Waals surface area contributed by atoms with E-state index in [1.807, 2.05) is 13.8 Å². The number of anilines is 1. The molecule has 0 saturated heterocycles. The molecule has 2 atom stereocenters. The molecular formula is C22H32N2O5S2. The first-order valence-electron chi connectivity index (χ1n) is 11.1. The minimum atomic E-state index is -3.77. The number of hydrogen-bond acceptors (Lipinski definition) is 5. The minimum Gasteiger partial charge on any atom is -0.299 e. The monoisotopic (exact) mass is 468 g/mol. The van der Waals surface area contributed by atoms with Crippen LogP contribution in [0.3, 0.4) is 0 Å². The molecule has 31 heavy (non-hydrogen) atoms. The van der Waals surface area contributed by atoms with Crippen LogP contribution >= 0.6 is 0 Å². The van der Waals surface area contributed by atoms with Crippen LogP contribution in [0.4, 0.5) is 5.69 Å². The van der Waals surface area contributed by atoms with Crippen molar-refractivity contribution in [1.82, 2.24) is 4.72 Å². The van der Waals surface area contributed by atoms with Crippen LogP contribution in [0.1, 0.15) is 65.2 Å². The predicted molar refractivity (Wildman–Crippen MR) is 120 cm³/mol. The van der Waals surface area contributed by atoms with E-state index in [2.05, 4.69) is 9.44 Å². The maximum atomic E-state index is 12.9. The summed E-state index contributed by atoms with van der Waals surface area (Å²) in [5.74, 6) is 0.0664. The molecule has 4 rings (SSSR count). The molecule has 0 heterocycles. The van der Waals surface area contributed by atoms with Crippen molar-refractivity contribution in [2.75, 3.05) is 10.5 Å². The Morgan fingerprint density at radius 3 is 2.16 bits per heavy atom. The summed E-state index contributed by atoms with van der Waals surface area (Å²) in [7, 11) is -7.41. The van der Waals surface area contributed by atoms with Crippen molar-refractivity contribution in [2.45, 2.75) is 76.2 Å². The summed E-state index contributed by atoms with van der Waals surface area (Å²) < 4.78 is 56.4. The molecular weight excluding hydrogens is 436 g/mol. The van der Waals surface area contributed by atoms with Crippen LogP contribution in [0.5, 0.6) is 0 Å². The van der Waals surface area contributed by atoms with E-state index in [4.69, 9.17) is 0 Å². The summed E-state index contributed by atoms with van der Waals surface area (Å²) >= 11 is 0. The van der Waals surface area contributed by atoms with E-state index in [0.717, 1.165) is 38.5 Å². The minimum absolute atomic E-state index is 0.0428. The highest BCUT2D eigenvalue weighted by molar-refractivity contribution is 7.92. The SMILES string of the molecule is CC1(C)[C@H]2CC[C@@]1(CS(=O)(=O)Nc1ccc(S(=O)(=O)NC3CCCCC3)cc1)C(=O)C2. The highest BCUT2D eigenvalue weighted by Gasteiger charge is 2.65. The average molecular weight is 469 g/mol. The molecule has 1 aromatic carbocycles. The fourth-order valence-corrected chi connectivity index (χ4v) is 9.06. The van der Waals surface area contributed by atoms with Gasteiger partial charge in [-0.15, -0.1) is 0 Å². The molecule has 0 spiro atoms. The summed E-state index contributed by atoms with van der Waals surface area (Å²) in [6.07, 6.45) is 6.82. The number of benzene rings is 1. The number of nitrogens with one attached hydrogen (secondary N) is 2. The number of carbonyl (C=O) groups is 1. The summed E-state index contributed by atoms with van der Waals surface area (Å²) in [4.78, 5) is 12.8. The van der Waals surface area contributed by atoms with Gasteiger partial charge >= 0.3 is 0 Å². The fraction of sp³-hybridized carbons (Fsp3) is 0.682. The Balaban J connectivity index is 1.45. The smallest absolute Gasteiger partial charge is 0.240 e. The Hall–Kier alpha value is -1.45.